The molecule has 1 aliphatic rings. The summed E-state index contributed by atoms with van der Waals surface area (Å²) in [5.74, 6) is -0.713. The van der Waals surface area contributed by atoms with Gasteiger partial charge in [-0.15, -0.1) is 0 Å². The van der Waals surface area contributed by atoms with Gasteiger partial charge in [-0.2, -0.15) is 0 Å². The molecule has 2 aromatic rings. The Morgan fingerprint density at radius 2 is 1.68 bits per heavy atom. The normalized spacial score (nSPS) is 23.1. The van der Waals surface area contributed by atoms with Gasteiger partial charge in [0.1, 0.15) is 22.7 Å². The molecule has 3 rings (SSSR count). The van der Waals surface area contributed by atoms with Crippen LogP contribution >= 0.6 is 0 Å². The minimum atomic E-state index is -3.91. The van der Waals surface area contributed by atoms with Crippen LogP contribution in [0.15, 0.2) is 53.4 Å². The second-order valence-corrected chi connectivity index (χ2v) is 11.1. The van der Waals surface area contributed by atoms with Crippen molar-refractivity contribution in [1.82, 2.24) is 5.32 Å². The van der Waals surface area contributed by atoms with Crippen molar-refractivity contribution in [3.63, 3.8) is 0 Å². The maximum Gasteiger partial charge on any atom is 0.408 e. The first kappa shape index (κ1) is 23.0. The predicted octanol–water partition coefficient (Wildman–Crippen LogP) is 3.96. The van der Waals surface area contributed by atoms with Gasteiger partial charge in [0.15, 0.2) is 9.84 Å². The number of benzene rings is 2. The Balaban J connectivity index is 2.04. The molecule has 166 valence electrons. The van der Waals surface area contributed by atoms with Gasteiger partial charge in [0.25, 0.3) is 0 Å². The number of amides is 1. The number of alkyl carbamates (subject to hydrolysis) is 1. The molecule has 2 aromatic carbocycles. The summed E-state index contributed by atoms with van der Waals surface area (Å²) in [7, 11) is -3.91. The largest absolute Gasteiger partial charge is 0.444 e. The zero-order valence-corrected chi connectivity index (χ0v) is 19.3. The Hall–Kier alpha value is -2.67. The van der Waals surface area contributed by atoms with Crippen molar-refractivity contribution in [3.05, 3.63) is 65.2 Å². The molecule has 6 nitrogen and oxygen atoms in total. The van der Waals surface area contributed by atoms with Crippen LogP contribution in [0.3, 0.4) is 0 Å². The van der Waals surface area contributed by atoms with Crippen molar-refractivity contribution in [3.8, 4) is 0 Å². The molecule has 31 heavy (non-hydrogen) atoms. The zero-order valence-electron chi connectivity index (χ0n) is 18.5. The second-order valence-electron chi connectivity index (χ2n) is 9.03. The number of aldehydes is 1. The third-order valence-electron chi connectivity index (χ3n) is 5.52. The second kappa shape index (κ2) is 8.11. The van der Waals surface area contributed by atoms with E-state index in [9.17, 15) is 18.0 Å². The van der Waals surface area contributed by atoms with Gasteiger partial charge in [-0.3, -0.25) is 0 Å². The van der Waals surface area contributed by atoms with E-state index in [4.69, 9.17) is 4.74 Å². The third kappa shape index (κ3) is 4.51. The first-order valence-electron chi connectivity index (χ1n) is 10.3. The molecule has 0 unspecified atom stereocenters. The fourth-order valence-electron chi connectivity index (χ4n) is 3.90. The van der Waals surface area contributed by atoms with Gasteiger partial charge in [-0.1, -0.05) is 48.9 Å². The molecule has 3 atom stereocenters. The van der Waals surface area contributed by atoms with Crippen molar-refractivity contribution in [1.29, 1.82) is 0 Å². The summed E-state index contributed by atoms with van der Waals surface area (Å²) in [4.78, 5) is 24.9. The fraction of sp³-hybridized carbons (Fsp3) is 0.417. The van der Waals surface area contributed by atoms with Gasteiger partial charge >= 0.3 is 6.09 Å². The maximum absolute atomic E-state index is 13.5. The van der Waals surface area contributed by atoms with Gasteiger partial charge in [0.2, 0.25) is 0 Å². The van der Waals surface area contributed by atoms with E-state index >= 15 is 0 Å². The van der Waals surface area contributed by atoms with E-state index in [1.165, 1.54) is 12.1 Å². The number of hydrogen-bond donors (Lipinski definition) is 1. The third-order valence-corrected chi connectivity index (χ3v) is 7.78. The van der Waals surface area contributed by atoms with Gasteiger partial charge < -0.3 is 14.8 Å². The van der Waals surface area contributed by atoms with E-state index in [2.05, 4.69) is 5.32 Å². The minimum absolute atomic E-state index is 0.119. The lowest BCUT2D eigenvalue weighted by molar-refractivity contribution is -0.110. The molecule has 1 saturated carbocycles. The molecule has 1 aliphatic carbocycles. The lowest BCUT2D eigenvalue weighted by Crippen LogP contribution is -2.45. The Morgan fingerprint density at radius 3 is 2.16 bits per heavy atom. The summed E-state index contributed by atoms with van der Waals surface area (Å²) in [5.41, 5.74) is 0.321. The Morgan fingerprint density at radius 1 is 1.10 bits per heavy atom. The first-order chi connectivity index (χ1) is 14.4. The first-order valence-corrected chi connectivity index (χ1v) is 11.9. The van der Waals surface area contributed by atoms with Crippen molar-refractivity contribution in [2.24, 2.45) is 0 Å². The summed E-state index contributed by atoms with van der Waals surface area (Å²) >= 11 is 0. The molecule has 0 bridgehead atoms. The van der Waals surface area contributed by atoms with Crippen LogP contribution in [0.1, 0.15) is 50.3 Å². The molecule has 0 radical (unpaired) electrons. The topological polar surface area (TPSA) is 89.5 Å². The molecule has 0 saturated heterocycles. The average molecular weight is 444 g/mol. The van der Waals surface area contributed by atoms with Gasteiger partial charge in [-0.05, 0) is 57.4 Å². The molecule has 0 spiro atoms. The summed E-state index contributed by atoms with van der Waals surface area (Å²) < 4.78 is 32.3. The number of rotatable bonds is 6. The van der Waals surface area contributed by atoms with Crippen molar-refractivity contribution in [2.75, 3.05) is 0 Å². The van der Waals surface area contributed by atoms with Crippen LogP contribution in [0.2, 0.25) is 0 Å². The molecule has 1 fully saturated rings. The van der Waals surface area contributed by atoms with Crippen molar-refractivity contribution < 1.29 is 22.7 Å². The minimum Gasteiger partial charge on any atom is -0.444 e. The van der Waals surface area contributed by atoms with Gasteiger partial charge in [0.05, 0.1) is 4.90 Å². The van der Waals surface area contributed by atoms with E-state index < -0.39 is 38.2 Å². The van der Waals surface area contributed by atoms with Crippen LogP contribution in [0.5, 0.6) is 0 Å². The summed E-state index contributed by atoms with van der Waals surface area (Å²) in [6.07, 6.45) is 0.549. The summed E-state index contributed by atoms with van der Waals surface area (Å²) in [6.45, 7) is 9.00. The average Bonchev–Trinajstić information content (AvgIpc) is 3.36. The van der Waals surface area contributed by atoms with Crippen molar-refractivity contribution in [2.45, 2.75) is 68.2 Å². The molecule has 0 aromatic heterocycles. The molecule has 1 N–H and O–H groups in total. The zero-order chi connectivity index (χ0) is 23.0. The molecular weight excluding hydrogens is 414 g/mol. The lowest BCUT2D eigenvalue weighted by atomic mass is 10.0. The monoisotopic (exact) mass is 443 g/mol. The molecule has 7 heteroatoms. The predicted molar refractivity (Wildman–Crippen MR) is 119 cm³/mol. The van der Waals surface area contributed by atoms with Crippen LogP contribution in [0.25, 0.3) is 0 Å². The highest BCUT2D eigenvalue weighted by Crippen LogP contribution is 2.56. The molecular formula is C24H29NO5S. The number of carbonyl (C=O) groups is 2. The number of sulfone groups is 1. The van der Waals surface area contributed by atoms with E-state index in [0.717, 1.165) is 17.5 Å². The highest BCUT2D eigenvalue weighted by molar-refractivity contribution is 7.92. The number of nitrogens with one attached hydrogen (secondary N) is 1. The standard InChI is InChI=1S/C24H29NO5S/c1-6-17-9-11-18(12-10-17)20-21(31(28,29)19-13-7-16(2)8-14-19)24(20,15-26)25-22(27)30-23(3,4)5/h7-15,20-21H,6H2,1-5H3,(H,25,27)/t20-,21+,24+/m1/s1. The molecule has 1 amide bonds. The number of ether oxygens (including phenoxy) is 1. The smallest absolute Gasteiger partial charge is 0.408 e. The van der Waals surface area contributed by atoms with Gasteiger partial charge in [0, 0.05) is 5.92 Å². The fourth-order valence-corrected chi connectivity index (χ4v) is 6.14. The Kier molecular flexibility index (Phi) is 6.02. The van der Waals surface area contributed by atoms with E-state index in [0.29, 0.717) is 11.8 Å². The number of hydrogen-bond acceptors (Lipinski definition) is 5. The summed E-state index contributed by atoms with van der Waals surface area (Å²) in [6, 6.07) is 14.0. The molecule has 0 aliphatic heterocycles. The van der Waals surface area contributed by atoms with E-state index in [-0.39, 0.29) is 4.90 Å². The maximum atomic E-state index is 13.5. The summed E-state index contributed by atoms with van der Waals surface area (Å²) in [5, 5.41) is 1.45. The highest BCUT2D eigenvalue weighted by Gasteiger charge is 2.73. The highest BCUT2D eigenvalue weighted by atomic mass is 32.2. The van der Waals surface area contributed by atoms with E-state index in [1.807, 2.05) is 38.1 Å². The molecule has 0 heterocycles. The van der Waals surface area contributed by atoms with Gasteiger partial charge in [-0.25, -0.2) is 13.2 Å². The number of aryl methyl sites for hydroxylation is 2. The van der Waals surface area contributed by atoms with Crippen molar-refractivity contribution >= 4 is 22.2 Å². The SMILES string of the molecule is CCc1ccc([C@@H]2[C@H](S(=O)(=O)c3ccc(C)cc3)[C@@]2(C=O)NC(=O)OC(C)(C)C)cc1. The Bertz CT molecular complexity index is 1070. The van der Waals surface area contributed by atoms with Crippen LogP contribution in [-0.2, 0) is 25.8 Å². The number of carbonyl (C=O) groups excluding carboxylic acids is 2. The van der Waals surface area contributed by atoms with Crippen LogP contribution in [-0.4, -0.2) is 37.2 Å². The van der Waals surface area contributed by atoms with Crippen LogP contribution in [0.4, 0.5) is 4.79 Å². The quantitative estimate of drug-likeness (QED) is 0.683. The van der Waals surface area contributed by atoms with E-state index in [1.54, 1.807) is 32.9 Å². The van der Waals surface area contributed by atoms with Crippen LogP contribution < -0.4 is 5.32 Å². The lowest BCUT2D eigenvalue weighted by Gasteiger charge is -2.22. The Labute approximate surface area is 183 Å². The van der Waals surface area contributed by atoms with Crippen LogP contribution in [0, 0.1) is 6.92 Å².